The SMILES string of the molecule is COc1c(F)cc(Br)c(C)c1CC(C)=O. The molecule has 1 aromatic rings. The van der Waals surface area contributed by atoms with Gasteiger partial charge in [-0.2, -0.15) is 0 Å². The van der Waals surface area contributed by atoms with Crippen molar-refractivity contribution in [1.82, 2.24) is 0 Å². The summed E-state index contributed by atoms with van der Waals surface area (Å²) in [5.41, 5.74) is 1.44. The van der Waals surface area contributed by atoms with Gasteiger partial charge >= 0.3 is 0 Å². The highest BCUT2D eigenvalue weighted by molar-refractivity contribution is 9.10. The standard InChI is InChI=1S/C11H12BrFO2/c1-6(14)4-8-7(2)9(12)5-10(13)11(8)15-3/h5H,4H2,1-3H3. The Morgan fingerprint density at radius 1 is 1.60 bits per heavy atom. The molecule has 0 heterocycles. The van der Waals surface area contributed by atoms with E-state index in [2.05, 4.69) is 15.9 Å². The van der Waals surface area contributed by atoms with Crippen LogP contribution < -0.4 is 4.74 Å². The lowest BCUT2D eigenvalue weighted by Crippen LogP contribution is -2.04. The summed E-state index contributed by atoms with van der Waals surface area (Å²) < 4.78 is 19.1. The predicted molar refractivity (Wildman–Crippen MR) is 59.8 cm³/mol. The normalized spacial score (nSPS) is 10.2. The Hall–Kier alpha value is -0.900. The lowest BCUT2D eigenvalue weighted by atomic mass is 10.0. The molecule has 0 saturated carbocycles. The zero-order valence-corrected chi connectivity index (χ0v) is 10.4. The molecule has 0 amide bonds. The van der Waals surface area contributed by atoms with Crippen molar-refractivity contribution < 1.29 is 13.9 Å². The Bertz CT molecular complexity index is 402. The van der Waals surface area contributed by atoms with Crippen molar-refractivity contribution in [2.45, 2.75) is 20.3 Å². The van der Waals surface area contributed by atoms with Gasteiger partial charge < -0.3 is 4.74 Å². The molecule has 0 aliphatic carbocycles. The molecule has 0 bridgehead atoms. The number of ketones is 1. The summed E-state index contributed by atoms with van der Waals surface area (Å²) in [6.45, 7) is 3.29. The summed E-state index contributed by atoms with van der Waals surface area (Å²) >= 11 is 3.24. The Labute approximate surface area is 96.6 Å². The van der Waals surface area contributed by atoms with Gasteiger partial charge in [0.1, 0.15) is 5.78 Å². The zero-order chi connectivity index (χ0) is 11.6. The second kappa shape index (κ2) is 4.75. The largest absolute Gasteiger partial charge is 0.493 e. The lowest BCUT2D eigenvalue weighted by molar-refractivity contribution is -0.116. The van der Waals surface area contributed by atoms with Crippen LogP contribution in [0.25, 0.3) is 0 Å². The highest BCUT2D eigenvalue weighted by Crippen LogP contribution is 2.31. The van der Waals surface area contributed by atoms with Crippen molar-refractivity contribution >= 4 is 21.7 Å². The lowest BCUT2D eigenvalue weighted by Gasteiger charge is -2.12. The van der Waals surface area contributed by atoms with Gasteiger partial charge in [0.25, 0.3) is 0 Å². The summed E-state index contributed by atoms with van der Waals surface area (Å²) in [4.78, 5) is 11.1. The summed E-state index contributed by atoms with van der Waals surface area (Å²) in [6.07, 6.45) is 0.186. The maximum atomic E-state index is 13.5. The second-order valence-corrected chi connectivity index (χ2v) is 4.21. The van der Waals surface area contributed by atoms with Crippen LogP contribution in [0.3, 0.4) is 0 Å². The molecule has 4 heteroatoms. The smallest absolute Gasteiger partial charge is 0.166 e. The summed E-state index contributed by atoms with van der Waals surface area (Å²) in [6, 6.07) is 1.35. The molecule has 0 N–H and O–H groups in total. The van der Waals surface area contributed by atoms with Crippen molar-refractivity contribution in [3.63, 3.8) is 0 Å². The van der Waals surface area contributed by atoms with Gasteiger partial charge in [0.2, 0.25) is 0 Å². The van der Waals surface area contributed by atoms with Crippen LogP contribution in [-0.4, -0.2) is 12.9 Å². The molecule has 1 aromatic carbocycles. The molecule has 0 saturated heterocycles. The Kier molecular flexibility index (Phi) is 3.85. The third kappa shape index (κ3) is 2.56. The highest BCUT2D eigenvalue weighted by Gasteiger charge is 2.16. The fourth-order valence-electron chi connectivity index (χ4n) is 1.43. The second-order valence-electron chi connectivity index (χ2n) is 3.36. The first-order valence-electron chi connectivity index (χ1n) is 4.48. The van der Waals surface area contributed by atoms with Crippen LogP contribution in [0, 0.1) is 12.7 Å². The quantitative estimate of drug-likeness (QED) is 0.847. The predicted octanol–water partition coefficient (Wildman–Crippen LogP) is 3.04. The molecule has 15 heavy (non-hydrogen) atoms. The molecule has 0 unspecified atom stereocenters. The first-order chi connectivity index (χ1) is 6.97. The first-order valence-corrected chi connectivity index (χ1v) is 5.27. The maximum absolute atomic E-state index is 13.5. The van der Waals surface area contributed by atoms with Gasteiger partial charge in [-0.3, -0.25) is 4.79 Å². The molecule has 0 spiro atoms. The van der Waals surface area contributed by atoms with E-state index in [1.54, 1.807) is 0 Å². The van der Waals surface area contributed by atoms with E-state index >= 15 is 0 Å². The molecule has 0 aliphatic rings. The van der Waals surface area contributed by atoms with Crippen molar-refractivity contribution in [2.75, 3.05) is 7.11 Å². The van der Waals surface area contributed by atoms with Gasteiger partial charge in [0.05, 0.1) is 7.11 Å². The van der Waals surface area contributed by atoms with E-state index < -0.39 is 5.82 Å². The summed E-state index contributed by atoms with van der Waals surface area (Å²) in [7, 11) is 1.40. The molecule has 0 aromatic heterocycles. The zero-order valence-electron chi connectivity index (χ0n) is 8.86. The van der Waals surface area contributed by atoms with Crippen LogP contribution in [0.4, 0.5) is 4.39 Å². The summed E-state index contributed by atoms with van der Waals surface area (Å²) in [5, 5.41) is 0. The Morgan fingerprint density at radius 3 is 2.67 bits per heavy atom. The molecular weight excluding hydrogens is 263 g/mol. The maximum Gasteiger partial charge on any atom is 0.166 e. The number of hydrogen-bond donors (Lipinski definition) is 0. The van der Waals surface area contributed by atoms with E-state index in [1.807, 2.05) is 6.92 Å². The molecular formula is C11H12BrFO2. The Morgan fingerprint density at radius 2 is 2.20 bits per heavy atom. The van der Waals surface area contributed by atoms with E-state index in [-0.39, 0.29) is 18.0 Å². The number of ether oxygens (including phenoxy) is 1. The van der Waals surface area contributed by atoms with Crippen LogP contribution in [0.5, 0.6) is 5.75 Å². The fourth-order valence-corrected chi connectivity index (χ4v) is 1.87. The molecule has 1 rings (SSSR count). The average molecular weight is 275 g/mol. The summed E-state index contributed by atoms with van der Waals surface area (Å²) in [5.74, 6) is -0.314. The number of carbonyl (C=O) groups is 1. The van der Waals surface area contributed by atoms with Crippen molar-refractivity contribution in [3.8, 4) is 5.75 Å². The van der Waals surface area contributed by atoms with Gasteiger partial charge in [-0.05, 0) is 25.5 Å². The van der Waals surface area contributed by atoms with Crippen LogP contribution in [-0.2, 0) is 11.2 Å². The van der Waals surface area contributed by atoms with Gasteiger partial charge in [-0.25, -0.2) is 4.39 Å². The third-order valence-corrected chi connectivity index (χ3v) is 3.01. The molecule has 82 valence electrons. The monoisotopic (exact) mass is 274 g/mol. The number of methoxy groups -OCH3 is 1. The number of benzene rings is 1. The highest BCUT2D eigenvalue weighted by atomic mass is 79.9. The Balaban J connectivity index is 3.36. The number of rotatable bonds is 3. The van der Waals surface area contributed by atoms with Crippen molar-refractivity contribution in [1.29, 1.82) is 0 Å². The van der Waals surface area contributed by atoms with E-state index in [4.69, 9.17) is 4.74 Å². The van der Waals surface area contributed by atoms with Crippen LogP contribution in [0.2, 0.25) is 0 Å². The van der Waals surface area contributed by atoms with E-state index in [1.165, 1.54) is 20.1 Å². The van der Waals surface area contributed by atoms with E-state index in [0.29, 0.717) is 10.0 Å². The fraction of sp³-hybridized carbons (Fsp3) is 0.364. The van der Waals surface area contributed by atoms with Crippen LogP contribution in [0.1, 0.15) is 18.1 Å². The van der Waals surface area contributed by atoms with Crippen LogP contribution >= 0.6 is 15.9 Å². The van der Waals surface area contributed by atoms with Gasteiger partial charge in [0, 0.05) is 16.5 Å². The molecule has 0 fully saturated rings. The molecule has 0 aliphatic heterocycles. The minimum atomic E-state index is -0.453. The number of Topliss-reactive ketones (excluding diaryl/α,β-unsaturated/α-hetero) is 1. The topological polar surface area (TPSA) is 26.3 Å². The minimum absolute atomic E-state index is 0.0195. The van der Waals surface area contributed by atoms with Gasteiger partial charge in [-0.15, -0.1) is 0 Å². The van der Waals surface area contributed by atoms with Crippen molar-refractivity contribution in [3.05, 3.63) is 27.5 Å². The van der Waals surface area contributed by atoms with Gasteiger partial charge in [0.15, 0.2) is 11.6 Å². The van der Waals surface area contributed by atoms with Crippen LogP contribution in [0.15, 0.2) is 10.5 Å². The molecule has 2 nitrogen and oxygen atoms in total. The first kappa shape index (κ1) is 12.2. The van der Waals surface area contributed by atoms with Crippen molar-refractivity contribution in [2.24, 2.45) is 0 Å². The van der Waals surface area contributed by atoms with E-state index in [9.17, 15) is 9.18 Å². The number of hydrogen-bond acceptors (Lipinski definition) is 2. The number of carbonyl (C=O) groups excluding carboxylic acids is 1. The average Bonchev–Trinajstić information content (AvgIpc) is 2.13. The molecule has 0 atom stereocenters. The van der Waals surface area contributed by atoms with E-state index in [0.717, 1.165) is 5.56 Å². The van der Waals surface area contributed by atoms with Gasteiger partial charge in [-0.1, -0.05) is 15.9 Å². The number of halogens is 2. The third-order valence-electron chi connectivity index (χ3n) is 2.19. The molecule has 0 radical (unpaired) electrons. The minimum Gasteiger partial charge on any atom is -0.493 e.